The van der Waals surface area contributed by atoms with Crippen molar-refractivity contribution in [2.24, 2.45) is 12.0 Å². The summed E-state index contributed by atoms with van der Waals surface area (Å²) in [5.41, 5.74) is 3.33. The number of carbonyl (C=O) groups is 1. The summed E-state index contributed by atoms with van der Waals surface area (Å²) >= 11 is 0. The maximum absolute atomic E-state index is 12.6. The Morgan fingerprint density at radius 1 is 1.08 bits per heavy atom. The number of aromatic nitrogens is 2. The lowest BCUT2D eigenvalue weighted by atomic mass is 10.0. The Morgan fingerprint density at radius 2 is 1.65 bits per heavy atom. The van der Waals surface area contributed by atoms with Crippen molar-refractivity contribution in [3.05, 3.63) is 89.7 Å². The van der Waals surface area contributed by atoms with Crippen molar-refractivity contribution in [3.8, 4) is 0 Å². The third-order valence-electron chi connectivity index (χ3n) is 3.90. The van der Waals surface area contributed by atoms with Crippen LogP contribution in [0.25, 0.3) is 0 Å². The quantitative estimate of drug-likeness (QED) is 0.506. The smallest absolute Gasteiger partial charge is 0.335 e. The molecule has 0 bridgehead atoms. The summed E-state index contributed by atoms with van der Waals surface area (Å²) in [6, 6.07) is 18.9. The molecule has 0 saturated heterocycles. The van der Waals surface area contributed by atoms with Crippen LogP contribution in [0.15, 0.2) is 78.0 Å². The first-order chi connectivity index (χ1) is 12.7. The molecule has 1 atom stereocenters. The van der Waals surface area contributed by atoms with Crippen LogP contribution in [0.2, 0.25) is 0 Å². The Hall–Kier alpha value is -3.21. The Labute approximate surface area is 153 Å². The molecule has 2 aromatic carbocycles. The Kier molecular flexibility index (Phi) is 5.59. The highest BCUT2D eigenvalue weighted by Gasteiger charge is 2.24. The van der Waals surface area contributed by atoms with Crippen LogP contribution < -0.4 is 0 Å². The van der Waals surface area contributed by atoms with Crippen molar-refractivity contribution in [2.45, 2.75) is 13.0 Å². The third-order valence-corrected chi connectivity index (χ3v) is 3.90. The highest BCUT2D eigenvalue weighted by molar-refractivity contribution is 6.13. The van der Waals surface area contributed by atoms with Crippen LogP contribution in [-0.4, -0.2) is 28.1 Å². The summed E-state index contributed by atoms with van der Waals surface area (Å²) in [4.78, 5) is 17.4. The van der Waals surface area contributed by atoms with Crippen molar-refractivity contribution in [1.29, 1.82) is 0 Å². The van der Waals surface area contributed by atoms with Crippen LogP contribution in [0, 0.1) is 0 Å². The van der Waals surface area contributed by atoms with Crippen molar-refractivity contribution >= 4 is 11.7 Å². The second-order valence-corrected chi connectivity index (χ2v) is 5.81. The second kappa shape index (κ2) is 8.25. The number of hydrogen-bond acceptors (Lipinski definition) is 4. The van der Waals surface area contributed by atoms with E-state index in [1.807, 2.05) is 67.7 Å². The van der Waals surface area contributed by atoms with Gasteiger partial charge in [0.05, 0.1) is 18.5 Å². The van der Waals surface area contributed by atoms with Crippen molar-refractivity contribution in [1.82, 2.24) is 9.78 Å². The highest BCUT2D eigenvalue weighted by Crippen LogP contribution is 2.22. The molecular weight excluding hydrogens is 326 g/mol. The molecule has 0 N–H and O–H groups in total. The summed E-state index contributed by atoms with van der Waals surface area (Å²) in [6.07, 6.45) is 3.44. The first-order valence-electron chi connectivity index (χ1n) is 8.53. The fourth-order valence-corrected chi connectivity index (χ4v) is 2.70. The van der Waals surface area contributed by atoms with Gasteiger partial charge in [-0.3, -0.25) is 9.67 Å². The maximum Gasteiger partial charge on any atom is 0.335 e. The molecule has 0 unspecified atom stereocenters. The summed E-state index contributed by atoms with van der Waals surface area (Å²) < 4.78 is 6.91. The van der Waals surface area contributed by atoms with Gasteiger partial charge in [-0.15, -0.1) is 0 Å². The molecule has 0 aliphatic heterocycles. The van der Waals surface area contributed by atoms with E-state index < -0.39 is 6.04 Å². The summed E-state index contributed by atoms with van der Waals surface area (Å²) in [5.74, 6) is -0.384. The fraction of sp³-hybridized carbons (Fsp3) is 0.190. The van der Waals surface area contributed by atoms with Crippen LogP contribution in [0.4, 0.5) is 0 Å². The van der Waals surface area contributed by atoms with Crippen LogP contribution in [0.1, 0.15) is 29.7 Å². The molecule has 5 heteroatoms. The van der Waals surface area contributed by atoms with Gasteiger partial charge in [0, 0.05) is 29.9 Å². The average molecular weight is 347 g/mol. The summed E-state index contributed by atoms with van der Waals surface area (Å²) in [6.45, 7) is 2.09. The van der Waals surface area contributed by atoms with Gasteiger partial charge in [-0.25, -0.2) is 4.79 Å². The SMILES string of the molecule is CCOC(=O)[C@@H](N=C(c1ccccc1)c1ccccc1)c1cnn(C)c1. The molecule has 0 fully saturated rings. The number of esters is 1. The summed E-state index contributed by atoms with van der Waals surface area (Å²) in [7, 11) is 1.81. The van der Waals surface area contributed by atoms with E-state index in [1.54, 1.807) is 24.0 Å². The predicted molar refractivity (Wildman–Crippen MR) is 101 cm³/mol. The van der Waals surface area contributed by atoms with E-state index in [4.69, 9.17) is 9.73 Å². The number of carbonyl (C=O) groups excluding carboxylic acids is 1. The summed E-state index contributed by atoms with van der Waals surface area (Å²) in [5, 5.41) is 4.17. The van der Waals surface area contributed by atoms with Gasteiger partial charge >= 0.3 is 5.97 Å². The Bertz CT molecular complexity index is 844. The molecule has 3 rings (SSSR count). The molecular formula is C21H21N3O2. The minimum Gasteiger partial charge on any atom is -0.464 e. The van der Waals surface area contributed by atoms with Gasteiger partial charge in [0.15, 0.2) is 6.04 Å². The van der Waals surface area contributed by atoms with Gasteiger partial charge in [-0.2, -0.15) is 5.10 Å². The van der Waals surface area contributed by atoms with E-state index in [1.165, 1.54) is 0 Å². The van der Waals surface area contributed by atoms with E-state index in [2.05, 4.69) is 5.10 Å². The fourth-order valence-electron chi connectivity index (χ4n) is 2.70. The third kappa shape index (κ3) is 4.06. The molecule has 0 aliphatic rings. The van der Waals surface area contributed by atoms with E-state index in [0.717, 1.165) is 16.8 Å². The largest absolute Gasteiger partial charge is 0.464 e. The topological polar surface area (TPSA) is 56.5 Å². The number of aryl methyl sites for hydroxylation is 1. The zero-order valence-electron chi connectivity index (χ0n) is 14.9. The van der Waals surface area contributed by atoms with Gasteiger partial charge in [-0.05, 0) is 6.92 Å². The molecule has 3 aromatic rings. The Morgan fingerprint density at radius 3 is 2.12 bits per heavy atom. The standard InChI is InChI=1S/C21H21N3O2/c1-3-26-21(25)20(18-14-22-24(2)15-18)23-19(16-10-6-4-7-11-16)17-12-8-5-9-13-17/h4-15,20H,3H2,1-2H3/t20-/m0/s1. The maximum atomic E-state index is 12.6. The Balaban J connectivity index is 2.12. The van der Waals surface area contributed by atoms with Crippen molar-refractivity contribution in [2.75, 3.05) is 6.61 Å². The lowest BCUT2D eigenvalue weighted by molar-refractivity contribution is -0.144. The number of benzene rings is 2. The van der Waals surface area contributed by atoms with Gasteiger partial charge < -0.3 is 4.74 Å². The number of ether oxygens (including phenoxy) is 1. The first kappa shape index (κ1) is 17.6. The van der Waals surface area contributed by atoms with Crippen molar-refractivity contribution < 1.29 is 9.53 Å². The van der Waals surface area contributed by atoms with Crippen LogP contribution in [-0.2, 0) is 16.6 Å². The van der Waals surface area contributed by atoms with Gasteiger partial charge in [0.25, 0.3) is 0 Å². The number of aliphatic imine (C=N–C) groups is 1. The lowest BCUT2D eigenvalue weighted by Gasteiger charge is -2.14. The number of rotatable bonds is 6. The molecule has 0 spiro atoms. The minimum absolute atomic E-state index is 0.303. The second-order valence-electron chi connectivity index (χ2n) is 5.81. The molecule has 0 amide bonds. The van der Waals surface area contributed by atoms with Crippen LogP contribution in [0.5, 0.6) is 0 Å². The molecule has 0 radical (unpaired) electrons. The molecule has 0 aliphatic carbocycles. The molecule has 132 valence electrons. The normalized spacial score (nSPS) is 11.6. The molecule has 1 heterocycles. The molecule has 1 aromatic heterocycles. The number of nitrogens with zero attached hydrogens (tertiary/aromatic N) is 3. The van der Waals surface area contributed by atoms with Crippen LogP contribution in [0.3, 0.4) is 0 Å². The van der Waals surface area contributed by atoms with E-state index >= 15 is 0 Å². The van der Waals surface area contributed by atoms with Crippen molar-refractivity contribution in [3.63, 3.8) is 0 Å². The van der Waals surface area contributed by atoms with E-state index in [9.17, 15) is 4.79 Å². The first-order valence-corrected chi connectivity index (χ1v) is 8.53. The predicted octanol–water partition coefficient (Wildman–Crippen LogP) is 3.56. The monoisotopic (exact) mass is 347 g/mol. The van der Waals surface area contributed by atoms with Gasteiger partial charge in [0.2, 0.25) is 0 Å². The number of hydrogen-bond donors (Lipinski definition) is 0. The molecule has 5 nitrogen and oxygen atoms in total. The van der Waals surface area contributed by atoms with Crippen LogP contribution >= 0.6 is 0 Å². The van der Waals surface area contributed by atoms with Gasteiger partial charge in [0.1, 0.15) is 0 Å². The zero-order chi connectivity index (χ0) is 18.4. The van der Waals surface area contributed by atoms with E-state index in [-0.39, 0.29) is 5.97 Å². The lowest BCUT2D eigenvalue weighted by Crippen LogP contribution is -2.17. The van der Waals surface area contributed by atoms with E-state index in [0.29, 0.717) is 12.2 Å². The molecule has 26 heavy (non-hydrogen) atoms. The average Bonchev–Trinajstić information content (AvgIpc) is 3.10. The zero-order valence-corrected chi connectivity index (χ0v) is 14.9. The molecule has 0 saturated carbocycles. The van der Waals surface area contributed by atoms with Gasteiger partial charge in [-0.1, -0.05) is 60.7 Å². The minimum atomic E-state index is -0.765. The highest BCUT2D eigenvalue weighted by atomic mass is 16.5.